The van der Waals surface area contributed by atoms with E-state index in [9.17, 15) is 14.0 Å². The van der Waals surface area contributed by atoms with E-state index in [4.69, 9.17) is 5.11 Å². The molecule has 1 aliphatic carbocycles. The summed E-state index contributed by atoms with van der Waals surface area (Å²) >= 11 is 0. The molecule has 0 radical (unpaired) electrons. The van der Waals surface area contributed by atoms with Crippen LogP contribution in [0.3, 0.4) is 0 Å². The van der Waals surface area contributed by atoms with E-state index in [-0.39, 0.29) is 18.3 Å². The fraction of sp³-hybridized carbons (Fsp3) is 0.467. The number of carboxylic acid groups (broad SMARTS) is 1. The van der Waals surface area contributed by atoms with E-state index in [2.05, 4.69) is 5.32 Å². The van der Waals surface area contributed by atoms with Gasteiger partial charge in [-0.1, -0.05) is 31.0 Å². The lowest BCUT2D eigenvalue weighted by atomic mass is 9.78. The maximum Gasteiger partial charge on any atom is 0.307 e. The predicted octanol–water partition coefficient (Wildman–Crippen LogP) is 2.33. The lowest BCUT2D eigenvalue weighted by molar-refractivity contribution is -0.148. The monoisotopic (exact) mass is 279 g/mol. The van der Waals surface area contributed by atoms with Crippen LogP contribution in [0, 0.1) is 17.7 Å². The molecule has 0 heterocycles. The molecule has 20 heavy (non-hydrogen) atoms. The van der Waals surface area contributed by atoms with Crippen molar-refractivity contribution >= 4 is 11.9 Å². The quantitative estimate of drug-likeness (QED) is 0.889. The third kappa shape index (κ3) is 3.35. The molecule has 2 rings (SSSR count). The average Bonchev–Trinajstić information content (AvgIpc) is 2.46. The summed E-state index contributed by atoms with van der Waals surface area (Å²) in [5.74, 6) is -2.71. The highest BCUT2D eigenvalue weighted by atomic mass is 19.1. The summed E-state index contributed by atoms with van der Waals surface area (Å²) < 4.78 is 13.4. The Labute approximate surface area is 117 Å². The van der Waals surface area contributed by atoms with Gasteiger partial charge in [-0.05, 0) is 18.9 Å². The van der Waals surface area contributed by atoms with Gasteiger partial charge in [0.15, 0.2) is 0 Å². The maximum atomic E-state index is 13.4. The van der Waals surface area contributed by atoms with Gasteiger partial charge in [-0.3, -0.25) is 9.59 Å². The van der Waals surface area contributed by atoms with Gasteiger partial charge in [0.2, 0.25) is 5.91 Å². The van der Waals surface area contributed by atoms with Crippen LogP contribution in [0.15, 0.2) is 24.3 Å². The van der Waals surface area contributed by atoms with Gasteiger partial charge >= 0.3 is 5.97 Å². The fourth-order valence-corrected chi connectivity index (χ4v) is 2.70. The Kier molecular flexibility index (Phi) is 4.71. The van der Waals surface area contributed by atoms with Gasteiger partial charge in [-0.2, -0.15) is 0 Å². The minimum Gasteiger partial charge on any atom is -0.481 e. The first-order chi connectivity index (χ1) is 9.59. The molecule has 108 valence electrons. The molecule has 1 saturated carbocycles. The lowest BCUT2D eigenvalue weighted by Gasteiger charge is -2.27. The van der Waals surface area contributed by atoms with Gasteiger partial charge < -0.3 is 10.4 Å². The summed E-state index contributed by atoms with van der Waals surface area (Å²) in [4.78, 5) is 23.3. The van der Waals surface area contributed by atoms with Crippen LogP contribution in [0.25, 0.3) is 0 Å². The molecule has 1 fully saturated rings. The van der Waals surface area contributed by atoms with Crippen LogP contribution < -0.4 is 5.32 Å². The molecule has 5 heteroatoms. The number of rotatable bonds is 4. The van der Waals surface area contributed by atoms with Crippen molar-refractivity contribution in [1.82, 2.24) is 5.32 Å². The predicted molar refractivity (Wildman–Crippen MR) is 71.3 cm³/mol. The summed E-state index contributed by atoms with van der Waals surface area (Å²) in [5, 5.41) is 11.8. The van der Waals surface area contributed by atoms with Gasteiger partial charge in [0.1, 0.15) is 5.82 Å². The second-order valence-electron chi connectivity index (χ2n) is 5.14. The number of halogens is 1. The molecule has 2 N–H and O–H groups in total. The molecule has 1 aromatic carbocycles. The largest absolute Gasteiger partial charge is 0.481 e. The molecule has 2 atom stereocenters. The van der Waals surface area contributed by atoms with Crippen molar-refractivity contribution in [3.05, 3.63) is 35.6 Å². The normalized spacial score (nSPS) is 22.2. The summed E-state index contributed by atoms with van der Waals surface area (Å²) in [5.41, 5.74) is 0.406. The standard InChI is InChI=1S/C15H18FNO3/c16-13-8-4-1-5-10(13)9-17-14(18)11-6-2-3-7-12(11)15(19)20/h1,4-5,8,11-12H,2-3,6-7,9H2,(H,17,18)(H,19,20). The van der Waals surface area contributed by atoms with E-state index in [1.54, 1.807) is 18.2 Å². The van der Waals surface area contributed by atoms with Crippen molar-refractivity contribution in [3.8, 4) is 0 Å². The van der Waals surface area contributed by atoms with Gasteiger partial charge in [-0.15, -0.1) is 0 Å². The third-order valence-corrected chi connectivity index (χ3v) is 3.83. The minimum absolute atomic E-state index is 0.0916. The first-order valence-corrected chi connectivity index (χ1v) is 6.83. The van der Waals surface area contributed by atoms with Crippen LogP contribution in [0.2, 0.25) is 0 Å². The van der Waals surface area contributed by atoms with E-state index >= 15 is 0 Å². The highest BCUT2D eigenvalue weighted by Crippen LogP contribution is 2.30. The number of hydrogen-bond donors (Lipinski definition) is 2. The first kappa shape index (κ1) is 14.5. The van der Waals surface area contributed by atoms with Crippen LogP contribution in [0.1, 0.15) is 31.2 Å². The molecule has 2 unspecified atom stereocenters. The Balaban J connectivity index is 1.97. The van der Waals surface area contributed by atoms with E-state index in [0.717, 1.165) is 12.8 Å². The van der Waals surface area contributed by atoms with Crippen molar-refractivity contribution in [1.29, 1.82) is 0 Å². The summed E-state index contributed by atoms with van der Waals surface area (Å²) in [6, 6.07) is 6.22. The Bertz CT molecular complexity index is 504. The summed E-state index contributed by atoms with van der Waals surface area (Å²) in [6.07, 6.45) is 2.82. The number of benzene rings is 1. The first-order valence-electron chi connectivity index (χ1n) is 6.83. The van der Waals surface area contributed by atoms with Crippen LogP contribution in [0.4, 0.5) is 4.39 Å². The maximum absolute atomic E-state index is 13.4. The molecule has 1 amide bonds. The van der Waals surface area contributed by atoms with Crippen molar-refractivity contribution in [3.63, 3.8) is 0 Å². The molecule has 1 aromatic rings. The molecule has 1 aliphatic rings. The summed E-state index contributed by atoms with van der Waals surface area (Å²) in [7, 11) is 0. The van der Waals surface area contributed by atoms with Crippen LogP contribution in [0.5, 0.6) is 0 Å². The van der Waals surface area contributed by atoms with Crippen molar-refractivity contribution in [2.75, 3.05) is 0 Å². The topological polar surface area (TPSA) is 66.4 Å². The van der Waals surface area contributed by atoms with Gasteiger partial charge in [-0.25, -0.2) is 4.39 Å². The van der Waals surface area contributed by atoms with Gasteiger partial charge in [0, 0.05) is 12.1 Å². The SMILES string of the molecule is O=C(O)C1CCCCC1C(=O)NCc1ccccc1F. The number of carboxylic acids is 1. The van der Waals surface area contributed by atoms with Crippen molar-refractivity contribution in [2.45, 2.75) is 32.2 Å². The zero-order valence-corrected chi connectivity index (χ0v) is 11.1. The van der Waals surface area contributed by atoms with Gasteiger partial charge in [0.05, 0.1) is 11.8 Å². The lowest BCUT2D eigenvalue weighted by Crippen LogP contribution is -2.39. The number of carbonyl (C=O) groups is 2. The average molecular weight is 279 g/mol. The minimum atomic E-state index is -0.921. The van der Waals surface area contributed by atoms with E-state index < -0.39 is 17.8 Å². The smallest absolute Gasteiger partial charge is 0.307 e. The molecule has 0 aromatic heterocycles. The highest BCUT2D eigenvalue weighted by molar-refractivity contribution is 5.84. The Morgan fingerprint density at radius 2 is 1.85 bits per heavy atom. The zero-order chi connectivity index (χ0) is 14.5. The molecule has 0 spiro atoms. The van der Waals surface area contributed by atoms with E-state index in [1.165, 1.54) is 6.07 Å². The molecule has 0 saturated heterocycles. The number of aliphatic carboxylic acids is 1. The van der Waals surface area contributed by atoms with Crippen LogP contribution in [-0.2, 0) is 16.1 Å². The third-order valence-electron chi connectivity index (χ3n) is 3.83. The number of carbonyl (C=O) groups excluding carboxylic acids is 1. The molecular weight excluding hydrogens is 261 g/mol. The van der Waals surface area contributed by atoms with Gasteiger partial charge in [0.25, 0.3) is 0 Å². The van der Waals surface area contributed by atoms with Crippen molar-refractivity contribution < 1.29 is 19.1 Å². The zero-order valence-electron chi connectivity index (χ0n) is 11.1. The second-order valence-corrected chi connectivity index (χ2v) is 5.14. The molecular formula is C15H18FNO3. The number of amides is 1. The van der Waals surface area contributed by atoms with E-state index in [1.807, 2.05) is 0 Å². The molecule has 4 nitrogen and oxygen atoms in total. The number of hydrogen-bond acceptors (Lipinski definition) is 2. The highest BCUT2D eigenvalue weighted by Gasteiger charge is 2.35. The van der Waals surface area contributed by atoms with E-state index in [0.29, 0.717) is 18.4 Å². The van der Waals surface area contributed by atoms with Crippen molar-refractivity contribution in [2.24, 2.45) is 11.8 Å². The molecule has 0 bridgehead atoms. The Morgan fingerprint density at radius 3 is 2.50 bits per heavy atom. The Morgan fingerprint density at radius 1 is 1.20 bits per heavy atom. The molecule has 0 aliphatic heterocycles. The fourth-order valence-electron chi connectivity index (χ4n) is 2.70. The van der Waals surface area contributed by atoms with Crippen LogP contribution in [-0.4, -0.2) is 17.0 Å². The second kappa shape index (κ2) is 6.50. The Hall–Kier alpha value is -1.91. The summed E-state index contributed by atoms with van der Waals surface area (Å²) in [6.45, 7) is 0.0916. The number of nitrogens with one attached hydrogen (secondary N) is 1. The van der Waals surface area contributed by atoms with Crippen LogP contribution >= 0.6 is 0 Å².